The standard InChI is InChI=1S/C19H17N3O2S/c1-12-8-10-15(11-9-12)21-22-16-17(24)18(13(2)23)25-19(16)20-14-6-4-3-5-7-14/h3-11,20,24H,1-2H3. The van der Waals surface area contributed by atoms with Gasteiger partial charge in [0.15, 0.2) is 17.2 Å². The van der Waals surface area contributed by atoms with E-state index in [0.717, 1.165) is 22.6 Å². The Hall–Kier alpha value is -2.99. The van der Waals surface area contributed by atoms with E-state index in [9.17, 15) is 9.90 Å². The van der Waals surface area contributed by atoms with E-state index in [1.165, 1.54) is 6.92 Å². The van der Waals surface area contributed by atoms with Crippen molar-refractivity contribution in [2.75, 3.05) is 5.32 Å². The first-order valence-electron chi connectivity index (χ1n) is 7.72. The zero-order valence-corrected chi connectivity index (χ0v) is 14.7. The van der Waals surface area contributed by atoms with Crippen LogP contribution in [0.5, 0.6) is 5.75 Å². The summed E-state index contributed by atoms with van der Waals surface area (Å²) in [6.45, 7) is 3.41. The minimum atomic E-state index is -0.213. The van der Waals surface area contributed by atoms with Gasteiger partial charge in [0, 0.05) is 12.6 Å². The maximum Gasteiger partial charge on any atom is 0.173 e. The molecule has 0 radical (unpaired) electrons. The molecule has 6 heteroatoms. The van der Waals surface area contributed by atoms with Crippen LogP contribution in [0.4, 0.5) is 22.1 Å². The highest BCUT2D eigenvalue weighted by atomic mass is 32.1. The number of aryl methyl sites for hydroxylation is 1. The highest BCUT2D eigenvalue weighted by Gasteiger charge is 2.21. The summed E-state index contributed by atoms with van der Waals surface area (Å²) >= 11 is 1.16. The Morgan fingerprint density at radius 3 is 2.36 bits per heavy atom. The number of ketones is 1. The number of hydrogen-bond acceptors (Lipinski definition) is 6. The van der Waals surface area contributed by atoms with Crippen molar-refractivity contribution in [3.05, 3.63) is 65.0 Å². The SMILES string of the molecule is CC(=O)c1sc(Nc2ccccc2)c(N=Nc2ccc(C)cc2)c1O. The van der Waals surface area contributed by atoms with Gasteiger partial charge in [-0.25, -0.2) is 0 Å². The molecule has 25 heavy (non-hydrogen) atoms. The molecule has 1 aromatic heterocycles. The van der Waals surface area contributed by atoms with Crippen molar-refractivity contribution in [3.8, 4) is 5.75 Å². The molecule has 0 aliphatic carbocycles. The third kappa shape index (κ3) is 3.92. The summed E-state index contributed by atoms with van der Waals surface area (Å²) in [7, 11) is 0. The van der Waals surface area contributed by atoms with Crippen LogP contribution in [0.25, 0.3) is 0 Å². The van der Waals surface area contributed by atoms with Crippen molar-refractivity contribution in [1.29, 1.82) is 0 Å². The van der Waals surface area contributed by atoms with Gasteiger partial charge in [0.05, 0.1) is 5.69 Å². The maximum absolute atomic E-state index is 11.7. The first kappa shape index (κ1) is 16.9. The first-order chi connectivity index (χ1) is 12.0. The van der Waals surface area contributed by atoms with Crippen molar-refractivity contribution < 1.29 is 9.90 Å². The second kappa shape index (κ2) is 7.27. The third-order valence-electron chi connectivity index (χ3n) is 3.51. The summed E-state index contributed by atoms with van der Waals surface area (Å²) in [5.74, 6) is -0.359. The molecule has 2 aromatic carbocycles. The fourth-order valence-electron chi connectivity index (χ4n) is 2.20. The molecular formula is C19H17N3O2S. The number of Topliss-reactive ketones (excluding diaryl/α,β-unsaturated/α-hetero) is 1. The monoisotopic (exact) mass is 351 g/mol. The summed E-state index contributed by atoms with van der Waals surface area (Å²) in [4.78, 5) is 12.0. The van der Waals surface area contributed by atoms with Gasteiger partial charge >= 0.3 is 0 Å². The number of rotatable bonds is 5. The summed E-state index contributed by atoms with van der Waals surface area (Å²) in [6.07, 6.45) is 0. The van der Waals surface area contributed by atoms with Crippen LogP contribution >= 0.6 is 11.3 Å². The van der Waals surface area contributed by atoms with Crippen molar-refractivity contribution in [2.45, 2.75) is 13.8 Å². The van der Waals surface area contributed by atoms with Gasteiger partial charge in [-0.2, -0.15) is 5.11 Å². The van der Waals surface area contributed by atoms with E-state index in [1.807, 2.05) is 61.5 Å². The van der Waals surface area contributed by atoms with E-state index in [2.05, 4.69) is 15.5 Å². The predicted octanol–water partition coefficient (Wildman–Crippen LogP) is 6.12. The van der Waals surface area contributed by atoms with E-state index in [-0.39, 0.29) is 22.1 Å². The quantitative estimate of drug-likeness (QED) is 0.429. The molecule has 0 unspecified atom stereocenters. The Morgan fingerprint density at radius 2 is 1.72 bits per heavy atom. The Labute approximate surface area is 149 Å². The lowest BCUT2D eigenvalue weighted by Crippen LogP contribution is -1.86. The van der Waals surface area contributed by atoms with Crippen LogP contribution < -0.4 is 5.32 Å². The topological polar surface area (TPSA) is 74.0 Å². The van der Waals surface area contributed by atoms with Gasteiger partial charge in [0.2, 0.25) is 0 Å². The van der Waals surface area contributed by atoms with Crippen molar-refractivity contribution >= 4 is 39.2 Å². The smallest absolute Gasteiger partial charge is 0.173 e. The van der Waals surface area contributed by atoms with Crippen LogP contribution in [-0.2, 0) is 0 Å². The number of benzene rings is 2. The molecule has 1 heterocycles. The molecule has 0 fully saturated rings. The minimum absolute atomic E-state index is 0.146. The summed E-state index contributed by atoms with van der Waals surface area (Å²) in [5, 5.41) is 22.5. The molecule has 5 nitrogen and oxygen atoms in total. The van der Waals surface area contributed by atoms with Crippen molar-refractivity contribution in [3.63, 3.8) is 0 Å². The van der Waals surface area contributed by atoms with E-state index in [4.69, 9.17) is 0 Å². The molecule has 0 amide bonds. The van der Waals surface area contributed by atoms with Crippen LogP contribution in [0.3, 0.4) is 0 Å². The maximum atomic E-state index is 11.7. The fourth-order valence-corrected chi connectivity index (χ4v) is 3.15. The van der Waals surface area contributed by atoms with Gasteiger partial charge in [-0.15, -0.1) is 16.5 Å². The van der Waals surface area contributed by atoms with Gasteiger partial charge in [-0.05, 0) is 31.2 Å². The molecule has 0 saturated carbocycles. The van der Waals surface area contributed by atoms with Gasteiger partial charge in [-0.3, -0.25) is 4.79 Å². The number of nitrogens with zero attached hydrogens (tertiary/aromatic N) is 2. The molecule has 0 aliphatic rings. The molecular weight excluding hydrogens is 334 g/mol. The number of anilines is 2. The van der Waals surface area contributed by atoms with Gasteiger partial charge in [-0.1, -0.05) is 35.9 Å². The Balaban J connectivity index is 1.98. The highest BCUT2D eigenvalue weighted by molar-refractivity contribution is 7.19. The van der Waals surface area contributed by atoms with Gasteiger partial charge in [0.25, 0.3) is 0 Å². The van der Waals surface area contributed by atoms with Crippen molar-refractivity contribution in [1.82, 2.24) is 0 Å². The highest BCUT2D eigenvalue weighted by Crippen LogP contribution is 2.47. The fraction of sp³-hybridized carbons (Fsp3) is 0.105. The number of para-hydroxylation sites is 1. The average molecular weight is 351 g/mol. The molecule has 0 aliphatic heterocycles. The minimum Gasteiger partial charge on any atom is -0.504 e. The van der Waals surface area contributed by atoms with Crippen molar-refractivity contribution in [2.24, 2.45) is 10.2 Å². The molecule has 3 aromatic rings. The van der Waals surface area contributed by atoms with E-state index in [0.29, 0.717) is 10.7 Å². The number of nitrogens with one attached hydrogen (secondary N) is 1. The number of thiophene rings is 1. The van der Waals surface area contributed by atoms with Crippen LogP contribution in [-0.4, -0.2) is 10.9 Å². The molecule has 126 valence electrons. The van der Waals surface area contributed by atoms with E-state index >= 15 is 0 Å². The molecule has 0 spiro atoms. The lowest BCUT2D eigenvalue weighted by atomic mass is 10.2. The third-order valence-corrected chi connectivity index (χ3v) is 4.69. The molecule has 0 bridgehead atoms. The van der Waals surface area contributed by atoms with Gasteiger partial charge in [0.1, 0.15) is 9.88 Å². The second-order valence-electron chi connectivity index (χ2n) is 5.54. The van der Waals surface area contributed by atoms with Gasteiger partial charge < -0.3 is 10.4 Å². The summed E-state index contributed by atoms with van der Waals surface area (Å²) < 4.78 is 0. The number of azo groups is 1. The average Bonchev–Trinajstić information content (AvgIpc) is 2.91. The molecule has 2 N–H and O–H groups in total. The number of carbonyl (C=O) groups is 1. The second-order valence-corrected chi connectivity index (χ2v) is 6.56. The largest absolute Gasteiger partial charge is 0.504 e. The number of aromatic hydroxyl groups is 1. The Kier molecular flexibility index (Phi) is 4.90. The van der Waals surface area contributed by atoms with Crippen LogP contribution in [0, 0.1) is 6.92 Å². The predicted molar refractivity (Wildman–Crippen MR) is 101 cm³/mol. The lowest BCUT2D eigenvalue weighted by molar-refractivity contribution is 0.101. The Bertz CT molecular complexity index is 916. The first-order valence-corrected chi connectivity index (χ1v) is 8.53. The van der Waals surface area contributed by atoms with Crippen LogP contribution in [0.2, 0.25) is 0 Å². The Morgan fingerprint density at radius 1 is 1.04 bits per heavy atom. The molecule has 3 rings (SSSR count). The number of carbonyl (C=O) groups excluding carboxylic acids is 1. The van der Waals surface area contributed by atoms with E-state index in [1.54, 1.807) is 0 Å². The van der Waals surface area contributed by atoms with Crippen LogP contribution in [0.15, 0.2) is 64.8 Å². The lowest BCUT2D eigenvalue weighted by Gasteiger charge is -2.04. The number of hydrogen-bond donors (Lipinski definition) is 2. The summed E-state index contributed by atoms with van der Waals surface area (Å²) in [5.41, 5.74) is 2.90. The summed E-state index contributed by atoms with van der Waals surface area (Å²) in [6, 6.07) is 17.1. The van der Waals surface area contributed by atoms with Crippen LogP contribution in [0.1, 0.15) is 22.2 Å². The zero-order valence-electron chi connectivity index (χ0n) is 13.9. The normalized spacial score (nSPS) is 11.0. The zero-order chi connectivity index (χ0) is 17.8. The molecule has 0 saturated heterocycles. The molecule has 0 atom stereocenters. The van der Waals surface area contributed by atoms with E-state index < -0.39 is 0 Å².